The van der Waals surface area contributed by atoms with E-state index in [1.54, 1.807) is 0 Å². The first-order chi connectivity index (χ1) is 26.3. The van der Waals surface area contributed by atoms with Crippen LogP contribution in [0.2, 0.25) is 0 Å². The second-order valence-electron chi connectivity index (χ2n) is 15.9. The molecule has 6 aromatic carbocycles. The number of para-hydroxylation sites is 4. The van der Waals surface area contributed by atoms with Crippen LogP contribution < -0.4 is 9.48 Å². The summed E-state index contributed by atoms with van der Waals surface area (Å²) in [7, 11) is 0. The zero-order valence-corrected chi connectivity index (χ0v) is 31.8. The number of nitrogens with zero attached hydrogens (tertiary/aromatic N) is 2. The van der Waals surface area contributed by atoms with Crippen LogP contribution in [0.4, 0.5) is 22.7 Å². The van der Waals surface area contributed by atoms with Crippen LogP contribution in [0, 0.1) is 0 Å². The Balaban J connectivity index is 1.24. The summed E-state index contributed by atoms with van der Waals surface area (Å²) in [5.41, 5.74) is 15.3. The lowest BCUT2D eigenvalue weighted by molar-refractivity contribution is 0.644. The van der Waals surface area contributed by atoms with Crippen molar-refractivity contribution in [2.75, 3.05) is 4.90 Å². The lowest BCUT2D eigenvalue weighted by Gasteiger charge is -2.28. The van der Waals surface area contributed by atoms with Gasteiger partial charge in [0.25, 0.3) is 0 Å². The lowest BCUT2D eigenvalue weighted by Crippen LogP contribution is -2.27. The van der Waals surface area contributed by atoms with Crippen LogP contribution in [0.1, 0.15) is 63.6 Å². The van der Waals surface area contributed by atoms with Crippen molar-refractivity contribution in [2.24, 2.45) is 0 Å². The molecule has 54 heavy (non-hydrogen) atoms. The molecular weight excluding hydrogens is 653 g/mol. The number of anilines is 2. The fourth-order valence-corrected chi connectivity index (χ4v) is 9.17. The van der Waals surface area contributed by atoms with Gasteiger partial charge in [0.2, 0.25) is 11.4 Å². The highest BCUT2D eigenvalue weighted by Gasteiger charge is 2.45. The van der Waals surface area contributed by atoms with Crippen LogP contribution in [-0.4, -0.2) is 5.71 Å². The molecule has 2 aliphatic heterocycles. The Kier molecular flexibility index (Phi) is 8.43. The van der Waals surface area contributed by atoms with Crippen molar-refractivity contribution in [1.82, 2.24) is 4.58 Å². The van der Waals surface area contributed by atoms with E-state index < -0.39 is 0 Å². The van der Waals surface area contributed by atoms with Gasteiger partial charge >= 0.3 is 0 Å². The first kappa shape index (κ1) is 33.8. The molecule has 0 unspecified atom stereocenters. The number of fused-ring (bicyclic) bond motifs is 3. The zero-order valence-electron chi connectivity index (χ0n) is 31.8. The van der Waals surface area contributed by atoms with Crippen molar-refractivity contribution in [3.63, 3.8) is 0 Å². The molecule has 1 aliphatic carbocycles. The molecule has 0 aromatic heterocycles. The van der Waals surface area contributed by atoms with Gasteiger partial charge in [-0.3, -0.25) is 0 Å². The molecule has 0 amide bonds. The highest BCUT2D eigenvalue weighted by molar-refractivity contribution is 6.11. The highest BCUT2D eigenvalue weighted by atomic mass is 15.2. The van der Waals surface area contributed by atoms with E-state index in [1.165, 1.54) is 78.3 Å². The lowest BCUT2D eigenvalue weighted by atomic mass is 9.79. The SMILES string of the molecule is CC1(C)C(/C=C/C2=C(c3cccc4ccccc34)C(=C/C=C3/N(c4ccccc4)c4ccccc4C3(C)C)/CCC2)=[N+](c2ccccc2)c2ccccc21. The van der Waals surface area contributed by atoms with Crippen molar-refractivity contribution in [3.8, 4) is 0 Å². The van der Waals surface area contributed by atoms with Crippen LogP contribution in [0.25, 0.3) is 16.3 Å². The van der Waals surface area contributed by atoms with Crippen LogP contribution in [0.15, 0.2) is 193 Å². The monoisotopic (exact) mass is 699 g/mol. The number of allylic oxidation sites excluding steroid dienone is 8. The predicted molar refractivity (Wildman–Crippen MR) is 230 cm³/mol. The summed E-state index contributed by atoms with van der Waals surface area (Å²) < 4.78 is 2.46. The van der Waals surface area contributed by atoms with E-state index in [0.717, 1.165) is 19.3 Å². The van der Waals surface area contributed by atoms with E-state index in [-0.39, 0.29) is 10.8 Å². The number of rotatable bonds is 6. The molecule has 6 aromatic rings. The fourth-order valence-electron chi connectivity index (χ4n) is 9.17. The molecule has 2 heteroatoms. The second-order valence-corrected chi connectivity index (χ2v) is 15.9. The Morgan fingerprint density at radius 3 is 2.06 bits per heavy atom. The third-order valence-electron chi connectivity index (χ3n) is 11.9. The Morgan fingerprint density at radius 1 is 0.574 bits per heavy atom. The van der Waals surface area contributed by atoms with Crippen LogP contribution in [-0.2, 0) is 10.8 Å². The Morgan fingerprint density at radius 2 is 1.24 bits per heavy atom. The van der Waals surface area contributed by atoms with E-state index >= 15 is 0 Å². The van der Waals surface area contributed by atoms with Gasteiger partial charge in [-0.25, -0.2) is 0 Å². The van der Waals surface area contributed by atoms with Crippen LogP contribution >= 0.6 is 0 Å². The molecular formula is C52H47N2+. The van der Waals surface area contributed by atoms with Gasteiger partial charge in [-0.2, -0.15) is 4.58 Å². The van der Waals surface area contributed by atoms with Crippen molar-refractivity contribution >= 4 is 44.8 Å². The van der Waals surface area contributed by atoms with Gasteiger partial charge in [-0.05, 0) is 96.0 Å². The Bertz CT molecular complexity index is 2550. The third kappa shape index (κ3) is 5.60. The quantitative estimate of drug-likeness (QED) is 0.157. The molecule has 9 rings (SSSR count). The molecule has 0 radical (unpaired) electrons. The fraction of sp³-hybridized carbons (Fsp3) is 0.173. The summed E-state index contributed by atoms with van der Waals surface area (Å²) in [5.74, 6) is 0. The Hall–Kier alpha value is -5.99. The number of hydrogen-bond acceptors (Lipinski definition) is 1. The molecule has 0 spiro atoms. The van der Waals surface area contributed by atoms with Crippen LogP contribution in [0.5, 0.6) is 0 Å². The Labute approximate surface area is 320 Å². The topological polar surface area (TPSA) is 6.25 Å². The van der Waals surface area contributed by atoms with Crippen molar-refractivity contribution < 1.29 is 0 Å². The van der Waals surface area contributed by atoms with E-state index in [0.29, 0.717) is 0 Å². The minimum absolute atomic E-state index is 0.162. The normalized spacial score (nSPS) is 19.0. The molecule has 0 bridgehead atoms. The smallest absolute Gasteiger partial charge is 0.215 e. The number of hydrogen-bond donors (Lipinski definition) is 0. The highest BCUT2D eigenvalue weighted by Crippen LogP contribution is 2.51. The van der Waals surface area contributed by atoms with Crippen molar-refractivity contribution in [2.45, 2.75) is 57.8 Å². The summed E-state index contributed by atoms with van der Waals surface area (Å²) in [4.78, 5) is 2.46. The molecule has 3 aliphatic rings. The van der Waals surface area contributed by atoms with Gasteiger partial charge in [0.1, 0.15) is 0 Å². The summed E-state index contributed by atoms with van der Waals surface area (Å²) >= 11 is 0. The zero-order chi connectivity index (χ0) is 36.9. The van der Waals surface area contributed by atoms with Gasteiger partial charge in [0.05, 0.1) is 5.41 Å². The maximum Gasteiger partial charge on any atom is 0.215 e. The standard InChI is InChI=1S/C52H47N2/c1-51(2)44-29-13-15-31-46(44)53(40-23-7-5-8-24-40)48(51)35-33-38-21-17-22-39(50(38)43-28-18-20-37-19-11-12-27-42(37)43)34-36-49-52(3,4)45-30-14-16-32-47(45)54(49)41-25-9-6-10-26-41/h5-16,18-20,23-36H,17,21-22H2,1-4H3/q+1. The van der Waals surface area contributed by atoms with Crippen molar-refractivity contribution in [3.05, 3.63) is 209 Å². The van der Waals surface area contributed by atoms with Gasteiger partial charge < -0.3 is 4.90 Å². The van der Waals surface area contributed by atoms with Gasteiger partial charge in [0.15, 0.2) is 5.71 Å². The minimum atomic E-state index is -0.162. The molecule has 2 heterocycles. The van der Waals surface area contributed by atoms with E-state index in [9.17, 15) is 0 Å². The molecule has 0 saturated heterocycles. The summed E-state index contributed by atoms with van der Waals surface area (Å²) in [6.07, 6.45) is 12.9. The first-order valence-corrected chi connectivity index (χ1v) is 19.4. The molecule has 0 fully saturated rings. The van der Waals surface area contributed by atoms with Crippen molar-refractivity contribution in [1.29, 1.82) is 0 Å². The average Bonchev–Trinajstić information content (AvgIpc) is 3.58. The summed E-state index contributed by atoms with van der Waals surface area (Å²) in [6.45, 7) is 9.47. The predicted octanol–water partition coefficient (Wildman–Crippen LogP) is 13.5. The molecule has 0 N–H and O–H groups in total. The van der Waals surface area contributed by atoms with E-state index in [1.807, 2.05) is 0 Å². The third-order valence-corrected chi connectivity index (χ3v) is 11.9. The van der Waals surface area contributed by atoms with Crippen LogP contribution in [0.3, 0.4) is 0 Å². The maximum atomic E-state index is 2.46. The van der Waals surface area contributed by atoms with Gasteiger partial charge in [-0.15, -0.1) is 0 Å². The molecule has 0 saturated carbocycles. The minimum Gasteiger partial charge on any atom is -0.313 e. The summed E-state index contributed by atoms with van der Waals surface area (Å²) in [5, 5.41) is 2.57. The maximum absolute atomic E-state index is 2.46. The first-order valence-electron chi connectivity index (χ1n) is 19.4. The van der Waals surface area contributed by atoms with Gasteiger partial charge in [0, 0.05) is 52.3 Å². The number of benzene rings is 6. The summed E-state index contributed by atoms with van der Waals surface area (Å²) in [6, 6.07) is 55.1. The van der Waals surface area contributed by atoms with E-state index in [2.05, 4.69) is 213 Å². The second kappa shape index (κ2) is 13.5. The van der Waals surface area contributed by atoms with E-state index in [4.69, 9.17) is 0 Å². The largest absolute Gasteiger partial charge is 0.313 e. The average molecular weight is 700 g/mol. The van der Waals surface area contributed by atoms with Gasteiger partial charge in [-0.1, -0.05) is 141 Å². The molecule has 2 nitrogen and oxygen atoms in total. The molecule has 0 atom stereocenters. The molecule has 264 valence electrons.